The molecular formula is C14H22BrNS. The van der Waals surface area contributed by atoms with Crippen LogP contribution in [0.3, 0.4) is 0 Å². The molecule has 0 spiro atoms. The standard InChI is InChI=1S/C14H22BrNS/c1-3-7-14(2,10-16-11-4-5-11)9-13-12(15)6-8-17-13/h6,8,11,16H,3-5,7,9-10H2,1-2H3. The van der Waals surface area contributed by atoms with Crippen molar-refractivity contribution in [1.82, 2.24) is 5.32 Å². The van der Waals surface area contributed by atoms with Gasteiger partial charge in [-0.05, 0) is 58.5 Å². The zero-order valence-electron chi connectivity index (χ0n) is 10.8. The van der Waals surface area contributed by atoms with Gasteiger partial charge in [-0.3, -0.25) is 0 Å². The Labute approximate surface area is 117 Å². The Morgan fingerprint density at radius 1 is 1.53 bits per heavy atom. The molecule has 1 aliphatic rings. The lowest BCUT2D eigenvalue weighted by Crippen LogP contribution is -2.34. The lowest BCUT2D eigenvalue weighted by Gasteiger charge is -2.29. The Bertz CT molecular complexity index is 359. The normalized spacial score (nSPS) is 19.2. The summed E-state index contributed by atoms with van der Waals surface area (Å²) in [6.45, 7) is 5.88. The summed E-state index contributed by atoms with van der Waals surface area (Å²) in [5.41, 5.74) is 0.407. The van der Waals surface area contributed by atoms with Gasteiger partial charge >= 0.3 is 0 Å². The van der Waals surface area contributed by atoms with Crippen LogP contribution in [0.1, 0.15) is 44.4 Å². The smallest absolute Gasteiger partial charge is 0.0314 e. The van der Waals surface area contributed by atoms with Crippen LogP contribution in [0.5, 0.6) is 0 Å². The van der Waals surface area contributed by atoms with Crippen LogP contribution < -0.4 is 5.32 Å². The number of halogens is 1. The van der Waals surface area contributed by atoms with Gasteiger partial charge in [-0.1, -0.05) is 20.3 Å². The van der Waals surface area contributed by atoms with Gasteiger partial charge in [0.2, 0.25) is 0 Å². The largest absolute Gasteiger partial charge is 0.313 e. The van der Waals surface area contributed by atoms with Crippen LogP contribution in [0.4, 0.5) is 0 Å². The third kappa shape index (κ3) is 4.08. The van der Waals surface area contributed by atoms with E-state index in [-0.39, 0.29) is 0 Å². The molecule has 0 bridgehead atoms. The summed E-state index contributed by atoms with van der Waals surface area (Å²) < 4.78 is 1.29. The number of thiophene rings is 1. The van der Waals surface area contributed by atoms with E-state index >= 15 is 0 Å². The van der Waals surface area contributed by atoms with E-state index in [0.29, 0.717) is 5.41 Å². The summed E-state index contributed by atoms with van der Waals surface area (Å²) in [4.78, 5) is 1.50. The maximum Gasteiger partial charge on any atom is 0.0314 e. The van der Waals surface area contributed by atoms with Crippen LogP contribution in [0.15, 0.2) is 15.9 Å². The maximum absolute atomic E-state index is 3.70. The molecule has 1 aliphatic carbocycles. The van der Waals surface area contributed by atoms with Crippen LogP contribution in [-0.4, -0.2) is 12.6 Å². The van der Waals surface area contributed by atoms with Gasteiger partial charge < -0.3 is 5.32 Å². The molecule has 17 heavy (non-hydrogen) atoms. The van der Waals surface area contributed by atoms with E-state index in [1.807, 2.05) is 11.3 Å². The average Bonchev–Trinajstić information content (AvgIpc) is 3.03. The molecule has 1 nitrogen and oxygen atoms in total. The quantitative estimate of drug-likeness (QED) is 0.774. The fraction of sp³-hybridized carbons (Fsp3) is 0.714. The summed E-state index contributed by atoms with van der Waals surface area (Å²) >= 11 is 5.53. The Balaban J connectivity index is 1.96. The minimum Gasteiger partial charge on any atom is -0.313 e. The third-order valence-corrected chi connectivity index (χ3v) is 5.45. The molecule has 96 valence electrons. The summed E-state index contributed by atoms with van der Waals surface area (Å²) in [6.07, 6.45) is 6.53. The monoisotopic (exact) mass is 315 g/mol. The second-order valence-electron chi connectivity index (χ2n) is 5.58. The molecule has 0 saturated heterocycles. The van der Waals surface area contributed by atoms with Crippen molar-refractivity contribution >= 4 is 27.3 Å². The van der Waals surface area contributed by atoms with E-state index in [1.165, 1.54) is 41.5 Å². The molecule has 0 amide bonds. The second-order valence-corrected chi connectivity index (χ2v) is 7.44. The number of hydrogen-bond donors (Lipinski definition) is 1. The van der Waals surface area contributed by atoms with Crippen LogP contribution in [0.25, 0.3) is 0 Å². The fourth-order valence-electron chi connectivity index (χ4n) is 2.36. The number of hydrogen-bond acceptors (Lipinski definition) is 2. The maximum atomic E-state index is 3.70. The Morgan fingerprint density at radius 2 is 2.29 bits per heavy atom. The van der Waals surface area contributed by atoms with Crippen LogP contribution in [0.2, 0.25) is 0 Å². The molecule has 0 aromatic carbocycles. The van der Waals surface area contributed by atoms with Gasteiger partial charge in [0.05, 0.1) is 0 Å². The third-order valence-electron chi connectivity index (χ3n) is 3.53. The summed E-state index contributed by atoms with van der Waals surface area (Å²) in [6, 6.07) is 2.98. The Kier molecular flexibility index (Phi) is 4.67. The molecule has 2 rings (SSSR count). The van der Waals surface area contributed by atoms with Crippen molar-refractivity contribution in [3.05, 3.63) is 20.8 Å². The van der Waals surface area contributed by atoms with E-state index in [2.05, 4.69) is 46.5 Å². The molecular weight excluding hydrogens is 294 g/mol. The zero-order chi connectivity index (χ0) is 12.3. The molecule has 1 aromatic rings. The van der Waals surface area contributed by atoms with Gasteiger partial charge in [0, 0.05) is 21.9 Å². The van der Waals surface area contributed by atoms with E-state index in [0.717, 1.165) is 12.6 Å². The van der Waals surface area contributed by atoms with Gasteiger partial charge in [0.25, 0.3) is 0 Å². The highest BCUT2D eigenvalue weighted by molar-refractivity contribution is 9.10. The van der Waals surface area contributed by atoms with Crippen molar-refractivity contribution in [3.63, 3.8) is 0 Å². The molecule has 1 fully saturated rings. The SMILES string of the molecule is CCCC(C)(CNC1CC1)Cc1sccc1Br. The molecule has 1 N–H and O–H groups in total. The van der Waals surface area contributed by atoms with E-state index in [9.17, 15) is 0 Å². The second kappa shape index (κ2) is 5.85. The topological polar surface area (TPSA) is 12.0 Å². The van der Waals surface area contributed by atoms with Crippen molar-refractivity contribution in [2.75, 3.05) is 6.54 Å². The first kappa shape index (κ1) is 13.6. The Morgan fingerprint density at radius 3 is 2.82 bits per heavy atom. The van der Waals surface area contributed by atoms with Gasteiger partial charge in [0.1, 0.15) is 0 Å². The highest BCUT2D eigenvalue weighted by Crippen LogP contribution is 2.34. The first-order valence-electron chi connectivity index (χ1n) is 6.58. The molecule has 1 heterocycles. The van der Waals surface area contributed by atoms with Gasteiger partial charge in [0.15, 0.2) is 0 Å². The lowest BCUT2D eigenvalue weighted by atomic mass is 9.81. The van der Waals surface area contributed by atoms with Crippen molar-refractivity contribution in [2.45, 2.75) is 52.0 Å². The first-order chi connectivity index (χ1) is 8.13. The fourth-order valence-corrected chi connectivity index (χ4v) is 4.07. The minimum atomic E-state index is 0.407. The van der Waals surface area contributed by atoms with Gasteiger partial charge in [-0.2, -0.15) is 0 Å². The molecule has 0 aliphatic heterocycles. The van der Waals surface area contributed by atoms with Crippen molar-refractivity contribution in [3.8, 4) is 0 Å². The number of rotatable bonds is 7. The van der Waals surface area contributed by atoms with Gasteiger partial charge in [-0.25, -0.2) is 0 Å². The van der Waals surface area contributed by atoms with Gasteiger partial charge in [-0.15, -0.1) is 11.3 Å². The van der Waals surface area contributed by atoms with Crippen molar-refractivity contribution in [1.29, 1.82) is 0 Å². The summed E-state index contributed by atoms with van der Waals surface area (Å²) in [5, 5.41) is 5.88. The predicted molar refractivity (Wildman–Crippen MR) is 79.8 cm³/mol. The highest BCUT2D eigenvalue weighted by Gasteiger charge is 2.29. The molecule has 1 atom stereocenters. The summed E-state index contributed by atoms with van der Waals surface area (Å²) in [7, 11) is 0. The highest BCUT2D eigenvalue weighted by atomic mass is 79.9. The number of nitrogens with one attached hydrogen (secondary N) is 1. The van der Waals surface area contributed by atoms with Crippen LogP contribution in [0, 0.1) is 5.41 Å². The zero-order valence-corrected chi connectivity index (χ0v) is 13.2. The molecule has 0 radical (unpaired) electrons. The first-order valence-corrected chi connectivity index (χ1v) is 8.25. The van der Waals surface area contributed by atoms with Crippen molar-refractivity contribution in [2.24, 2.45) is 5.41 Å². The van der Waals surface area contributed by atoms with E-state index < -0.39 is 0 Å². The predicted octanol–water partition coefficient (Wildman–Crippen LogP) is 4.61. The average molecular weight is 316 g/mol. The lowest BCUT2D eigenvalue weighted by molar-refractivity contribution is 0.275. The van der Waals surface area contributed by atoms with E-state index in [4.69, 9.17) is 0 Å². The van der Waals surface area contributed by atoms with E-state index in [1.54, 1.807) is 0 Å². The minimum absolute atomic E-state index is 0.407. The van der Waals surface area contributed by atoms with Crippen molar-refractivity contribution < 1.29 is 0 Å². The molecule has 1 saturated carbocycles. The molecule has 3 heteroatoms. The van der Waals surface area contributed by atoms with Crippen LogP contribution >= 0.6 is 27.3 Å². The molecule has 1 aromatic heterocycles. The summed E-state index contributed by atoms with van der Waals surface area (Å²) in [5.74, 6) is 0. The molecule has 1 unspecified atom stereocenters. The van der Waals surface area contributed by atoms with Crippen LogP contribution in [-0.2, 0) is 6.42 Å². The Hall–Kier alpha value is 0.140.